The molecule has 1 aromatic heterocycles. The third kappa shape index (κ3) is 3.38. The average molecular weight is 397 g/mol. The molecule has 0 fully saturated rings. The molecule has 144 valence electrons. The first-order valence-electron chi connectivity index (χ1n) is 9.25. The highest BCUT2D eigenvalue weighted by Gasteiger charge is 2.28. The van der Waals surface area contributed by atoms with Gasteiger partial charge in [0.2, 0.25) is 5.91 Å². The van der Waals surface area contributed by atoms with Crippen LogP contribution in [-0.2, 0) is 22.4 Å². The molecule has 0 aliphatic heterocycles. The van der Waals surface area contributed by atoms with E-state index in [-0.39, 0.29) is 11.8 Å². The Kier molecular flexibility index (Phi) is 4.85. The Morgan fingerprint density at radius 3 is 2.82 bits per heavy atom. The first kappa shape index (κ1) is 18.6. The van der Waals surface area contributed by atoms with Crippen LogP contribution >= 0.6 is 11.6 Å². The number of carbonyl (C=O) groups is 2. The molecule has 28 heavy (non-hydrogen) atoms. The lowest BCUT2D eigenvalue weighted by molar-refractivity contribution is -0.120. The number of amides is 1. The van der Waals surface area contributed by atoms with Crippen molar-refractivity contribution in [3.05, 3.63) is 63.8 Å². The average Bonchev–Trinajstić information content (AvgIpc) is 3.06. The first-order chi connectivity index (χ1) is 13.5. The van der Waals surface area contributed by atoms with E-state index < -0.39 is 5.97 Å². The van der Waals surface area contributed by atoms with Crippen LogP contribution in [0.15, 0.2) is 36.4 Å². The fourth-order valence-electron chi connectivity index (χ4n) is 3.86. The minimum Gasteiger partial charge on any atom is -0.465 e. The largest absolute Gasteiger partial charge is 0.465 e. The highest BCUT2D eigenvalue weighted by molar-refractivity contribution is 6.33. The molecular formula is C22H21ClN2O3. The number of methoxy groups -OCH3 is 1. The molecule has 0 bridgehead atoms. The fourth-order valence-corrected chi connectivity index (χ4v) is 4.02. The molecule has 1 unspecified atom stereocenters. The second-order valence-electron chi connectivity index (χ2n) is 7.25. The van der Waals surface area contributed by atoms with Crippen molar-refractivity contribution in [2.75, 3.05) is 12.4 Å². The zero-order valence-electron chi connectivity index (χ0n) is 15.8. The highest BCUT2D eigenvalue weighted by Crippen LogP contribution is 2.33. The number of esters is 1. The lowest BCUT2D eigenvalue weighted by Crippen LogP contribution is -2.28. The number of hydrogen-bond donors (Lipinski definition) is 2. The van der Waals surface area contributed by atoms with Gasteiger partial charge in [0.1, 0.15) is 0 Å². The van der Waals surface area contributed by atoms with Gasteiger partial charge in [-0.3, -0.25) is 4.79 Å². The monoisotopic (exact) mass is 396 g/mol. The number of nitrogens with one attached hydrogen (secondary N) is 2. The van der Waals surface area contributed by atoms with E-state index in [1.165, 1.54) is 29.3 Å². The SMILES string of the molecule is COC(=O)c1ccc(Cl)c(NC(=O)C2CCc3[nH]c4ccc(C)cc4c3C2)c1. The number of hydrogen-bond acceptors (Lipinski definition) is 3. The van der Waals surface area contributed by atoms with Crippen LogP contribution in [0.1, 0.15) is 33.6 Å². The van der Waals surface area contributed by atoms with Gasteiger partial charge in [0, 0.05) is 22.5 Å². The molecular weight excluding hydrogens is 376 g/mol. The standard InChI is InChI=1S/C22H21ClN2O3/c1-12-3-7-18-15(9-12)16-10-13(5-8-19(16)24-18)21(26)25-20-11-14(22(27)28-2)4-6-17(20)23/h3-4,6-7,9,11,13,24H,5,8,10H2,1-2H3,(H,25,26). The number of aromatic amines is 1. The summed E-state index contributed by atoms with van der Waals surface area (Å²) in [6.45, 7) is 2.07. The van der Waals surface area contributed by atoms with Gasteiger partial charge in [-0.15, -0.1) is 0 Å². The van der Waals surface area contributed by atoms with Gasteiger partial charge in [-0.2, -0.15) is 0 Å². The maximum absolute atomic E-state index is 12.9. The molecule has 0 spiro atoms. The van der Waals surface area contributed by atoms with Crippen LogP contribution in [0.25, 0.3) is 10.9 Å². The predicted octanol–water partition coefficient (Wildman–Crippen LogP) is 4.66. The molecule has 2 aromatic carbocycles. The number of aryl methyl sites for hydroxylation is 2. The van der Waals surface area contributed by atoms with Crippen molar-refractivity contribution in [3.63, 3.8) is 0 Å². The summed E-state index contributed by atoms with van der Waals surface area (Å²) in [5.41, 5.74) is 5.53. The number of aromatic nitrogens is 1. The van der Waals surface area contributed by atoms with Crippen LogP contribution in [-0.4, -0.2) is 24.0 Å². The predicted molar refractivity (Wildman–Crippen MR) is 110 cm³/mol. The van der Waals surface area contributed by atoms with Gasteiger partial charge >= 0.3 is 5.97 Å². The maximum Gasteiger partial charge on any atom is 0.337 e. The molecule has 1 atom stereocenters. The van der Waals surface area contributed by atoms with Crippen molar-refractivity contribution in [1.82, 2.24) is 4.98 Å². The molecule has 1 amide bonds. The zero-order valence-corrected chi connectivity index (χ0v) is 16.5. The molecule has 1 aliphatic rings. The maximum atomic E-state index is 12.9. The minimum atomic E-state index is -0.469. The smallest absolute Gasteiger partial charge is 0.337 e. The fraction of sp³-hybridized carbons (Fsp3) is 0.273. The van der Waals surface area contributed by atoms with Crippen LogP contribution in [0, 0.1) is 12.8 Å². The second kappa shape index (κ2) is 7.32. The van der Waals surface area contributed by atoms with Crippen LogP contribution in [0.4, 0.5) is 5.69 Å². The molecule has 0 radical (unpaired) electrons. The van der Waals surface area contributed by atoms with Gasteiger partial charge in [0.05, 0.1) is 23.4 Å². The van der Waals surface area contributed by atoms with Crippen molar-refractivity contribution >= 4 is 40.1 Å². The minimum absolute atomic E-state index is 0.0865. The number of benzene rings is 2. The summed E-state index contributed by atoms with van der Waals surface area (Å²) in [6, 6.07) is 11.1. The Morgan fingerprint density at radius 2 is 2.04 bits per heavy atom. The summed E-state index contributed by atoms with van der Waals surface area (Å²) in [7, 11) is 1.32. The van der Waals surface area contributed by atoms with E-state index in [2.05, 4.69) is 35.4 Å². The van der Waals surface area contributed by atoms with Crippen molar-refractivity contribution in [3.8, 4) is 0 Å². The van der Waals surface area contributed by atoms with Gasteiger partial charge in [-0.1, -0.05) is 23.2 Å². The molecule has 0 saturated carbocycles. The summed E-state index contributed by atoms with van der Waals surface area (Å²) >= 11 is 6.21. The number of carbonyl (C=O) groups excluding carboxylic acids is 2. The van der Waals surface area contributed by atoms with Gasteiger partial charge in [-0.25, -0.2) is 4.79 Å². The van der Waals surface area contributed by atoms with Crippen molar-refractivity contribution < 1.29 is 14.3 Å². The van der Waals surface area contributed by atoms with Crippen LogP contribution < -0.4 is 5.32 Å². The molecule has 3 aromatic rings. The zero-order chi connectivity index (χ0) is 19.8. The molecule has 2 N–H and O–H groups in total. The van der Waals surface area contributed by atoms with Gasteiger partial charge < -0.3 is 15.0 Å². The molecule has 6 heteroatoms. The van der Waals surface area contributed by atoms with Crippen molar-refractivity contribution in [1.29, 1.82) is 0 Å². The van der Waals surface area contributed by atoms with Gasteiger partial charge in [0.25, 0.3) is 0 Å². The summed E-state index contributed by atoms with van der Waals surface area (Å²) in [5, 5.41) is 4.47. The molecule has 0 saturated heterocycles. The summed E-state index contributed by atoms with van der Waals surface area (Å²) < 4.78 is 4.73. The molecule has 1 heterocycles. The third-order valence-corrected chi connectivity index (χ3v) is 5.69. The van der Waals surface area contributed by atoms with Crippen LogP contribution in [0.3, 0.4) is 0 Å². The van der Waals surface area contributed by atoms with Crippen LogP contribution in [0.5, 0.6) is 0 Å². The lowest BCUT2D eigenvalue weighted by atomic mass is 9.85. The highest BCUT2D eigenvalue weighted by atomic mass is 35.5. The van der Waals surface area contributed by atoms with E-state index in [4.69, 9.17) is 16.3 Å². The van der Waals surface area contributed by atoms with E-state index in [1.807, 2.05) is 0 Å². The van der Waals surface area contributed by atoms with Crippen molar-refractivity contribution in [2.24, 2.45) is 5.92 Å². The number of halogens is 1. The molecule has 4 rings (SSSR count). The van der Waals surface area contributed by atoms with Crippen molar-refractivity contribution in [2.45, 2.75) is 26.2 Å². The van der Waals surface area contributed by atoms with E-state index in [0.717, 1.165) is 18.4 Å². The lowest BCUT2D eigenvalue weighted by Gasteiger charge is -2.22. The summed E-state index contributed by atoms with van der Waals surface area (Å²) in [4.78, 5) is 28.1. The number of anilines is 1. The Bertz CT molecular complexity index is 1090. The van der Waals surface area contributed by atoms with E-state index >= 15 is 0 Å². The van der Waals surface area contributed by atoms with E-state index in [9.17, 15) is 9.59 Å². The Balaban J connectivity index is 1.57. The Labute approximate surface area is 168 Å². The Hall–Kier alpha value is -2.79. The second-order valence-corrected chi connectivity index (χ2v) is 7.65. The molecule has 1 aliphatic carbocycles. The number of fused-ring (bicyclic) bond motifs is 3. The topological polar surface area (TPSA) is 71.2 Å². The van der Waals surface area contributed by atoms with Gasteiger partial charge in [-0.05, 0) is 62.1 Å². The number of rotatable bonds is 3. The first-order valence-corrected chi connectivity index (χ1v) is 9.63. The number of ether oxygens (including phenoxy) is 1. The molecule has 5 nitrogen and oxygen atoms in total. The Morgan fingerprint density at radius 1 is 1.21 bits per heavy atom. The summed E-state index contributed by atoms with van der Waals surface area (Å²) in [5.74, 6) is -0.704. The van der Waals surface area contributed by atoms with E-state index in [0.29, 0.717) is 22.7 Å². The number of H-pyrrole nitrogens is 1. The van der Waals surface area contributed by atoms with E-state index in [1.54, 1.807) is 18.2 Å². The van der Waals surface area contributed by atoms with Gasteiger partial charge in [0.15, 0.2) is 0 Å². The van der Waals surface area contributed by atoms with Crippen LogP contribution in [0.2, 0.25) is 5.02 Å². The normalized spacial score (nSPS) is 15.9. The third-order valence-electron chi connectivity index (χ3n) is 5.36. The quantitative estimate of drug-likeness (QED) is 0.632. The summed E-state index contributed by atoms with van der Waals surface area (Å²) in [6.07, 6.45) is 2.27.